The molecule has 10 heteroatoms. The Balaban J connectivity index is 1.66. The molecular formula is C21H21FN4O4S. The first-order valence-electron chi connectivity index (χ1n) is 9.42. The van der Waals surface area contributed by atoms with Gasteiger partial charge in [0.1, 0.15) is 11.5 Å². The summed E-state index contributed by atoms with van der Waals surface area (Å²) in [7, 11) is -3.65. The van der Waals surface area contributed by atoms with Crippen LogP contribution in [0, 0.1) is 12.7 Å². The van der Waals surface area contributed by atoms with Crippen molar-refractivity contribution in [3.05, 3.63) is 93.7 Å². The highest BCUT2D eigenvalue weighted by atomic mass is 32.2. The van der Waals surface area contributed by atoms with E-state index in [1.807, 2.05) is 6.07 Å². The number of amides is 1. The summed E-state index contributed by atoms with van der Waals surface area (Å²) in [6, 6.07) is 16.0. The number of sulfonamides is 1. The van der Waals surface area contributed by atoms with Gasteiger partial charge in [-0.05, 0) is 24.6 Å². The van der Waals surface area contributed by atoms with Crippen LogP contribution in [-0.2, 0) is 16.6 Å². The van der Waals surface area contributed by atoms with Gasteiger partial charge in [0.2, 0.25) is 15.5 Å². The molecule has 0 radical (unpaired) electrons. The molecule has 8 nitrogen and oxygen atoms in total. The molecule has 31 heavy (non-hydrogen) atoms. The molecule has 0 aliphatic carbocycles. The number of aromatic nitrogens is 2. The highest BCUT2D eigenvalue weighted by Gasteiger charge is 2.17. The van der Waals surface area contributed by atoms with Gasteiger partial charge in [-0.1, -0.05) is 42.5 Å². The normalized spacial score (nSPS) is 11.3. The summed E-state index contributed by atoms with van der Waals surface area (Å²) in [6.45, 7) is 1.47. The SMILES string of the molecule is Cc1cc(=O)c(C(=O)NCCS(=O)(=O)NCc2ccccc2)nn1-c1ccccc1F. The molecule has 3 aromatic rings. The van der Waals surface area contributed by atoms with Crippen LogP contribution >= 0.6 is 0 Å². The summed E-state index contributed by atoms with van der Waals surface area (Å²) in [5.74, 6) is -1.78. The third kappa shape index (κ3) is 5.83. The molecule has 0 fully saturated rings. The lowest BCUT2D eigenvalue weighted by atomic mass is 10.2. The quantitative estimate of drug-likeness (QED) is 0.548. The van der Waals surface area contributed by atoms with Crippen LogP contribution in [0.4, 0.5) is 4.39 Å². The number of rotatable bonds is 8. The molecule has 0 atom stereocenters. The Morgan fingerprint density at radius 3 is 2.48 bits per heavy atom. The lowest BCUT2D eigenvalue weighted by Crippen LogP contribution is -2.37. The Morgan fingerprint density at radius 2 is 1.77 bits per heavy atom. The third-order valence-electron chi connectivity index (χ3n) is 4.40. The van der Waals surface area contributed by atoms with E-state index in [9.17, 15) is 22.4 Å². The highest BCUT2D eigenvalue weighted by Crippen LogP contribution is 2.13. The number of hydrogen-bond acceptors (Lipinski definition) is 5. The van der Waals surface area contributed by atoms with Crippen LogP contribution in [0.15, 0.2) is 65.5 Å². The number of halogens is 1. The van der Waals surface area contributed by atoms with Crippen molar-refractivity contribution >= 4 is 15.9 Å². The molecule has 3 rings (SSSR count). The van der Waals surface area contributed by atoms with Gasteiger partial charge in [0.05, 0.1) is 5.75 Å². The van der Waals surface area contributed by atoms with E-state index in [1.165, 1.54) is 24.3 Å². The Bertz CT molecular complexity index is 1240. The first-order valence-corrected chi connectivity index (χ1v) is 11.1. The predicted molar refractivity (Wildman–Crippen MR) is 114 cm³/mol. The molecule has 0 unspecified atom stereocenters. The van der Waals surface area contributed by atoms with Crippen molar-refractivity contribution in [3.63, 3.8) is 0 Å². The van der Waals surface area contributed by atoms with Crippen LogP contribution in [0.2, 0.25) is 0 Å². The second-order valence-corrected chi connectivity index (χ2v) is 8.67. The Morgan fingerprint density at radius 1 is 1.10 bits per heavy atom. The van der Waals surface area contributed by atoms with E-state index in [2.05, 4.69) is 15.1 Å². The van der Waals surface area contributed by atoms with Gasteiger partial charge in [0.15, 0.2) is 5.69 Å². The maximum Gasteiger partial charge on any atom is 0.275 e. The van der Waals surface area contributed by atoms with Crippen LogP contribution in [0.1, 0.15) is 21.7 Å². The predicted octanol–water partition coefficient (Wildman–Crippen LogP) is 1.53. The number of nitrogens with zero attached hydrogens (tertiary/aromatic N) is 2. The average molecular weight is 444 g/mol. The monoisotopic (exact) mass is 444 g/mol. The van der Waals surface area contributed by atoms with Crippen LogP contribution < -0.4 is 15.5 Å². The molecule has 0 saturated carbocycles. The molecule has 0 spiro atoms. The summed E-state index contributed by atoms with van der Waals surface area (Å²) in [5.41, 5.74) is 0.130. The molecular weight excluding hydrogens is 423 g/mol. The van der Waals surface area contributed by atoms with Crippen molar-refractivity contribution in [2.24, 2.45) is 0 Å². The average Bonchev–Trinajstić information content (AvgIpc) is 2.74. The maximum absolute atomic E-state index is 14.1. The zero-order valence-electron chi connectivity index (χ0n) is 16.7. The zero-order valence-corrected chi connectivity index (χ0v) is 17.5. The van der Waals surface area contributed by atoms with Crippen LogP contribution in [0.3, 0.4) is 0 Å². The Hall–Kier alpha value is -3.37. The molecule has 162 valence electrons. The molecule has 0 aliphatic rings. The first-order chi connectivity index (χ1) is 14.8. The second-order valence-electron chi connectivity index (χ2n) is 6.74. The fraction of sp³-hybridized carbons (Fsp3) is 0.190. The van der Waals surface area contributed by atoms with Crippen LogP contribution in [0.25, 0.3) is 5.69 Å². The van der Waals surface area contributed by atoms with Gasteiger partial charge in [-0.2, -0.15) is 5.10 Å². The number of hydrogen-bond donors (Lipinski definition) is 2. The topological polar surface area (TPSA) is 110 Å². The minimum Gasteiger partial charge on any atom is -0.349 e. The van der Waals surface area contributed by atoms with Gasteiger partial charge >= 0.3 is 0 Å². The van der Waals surface area contributed by atoms with Gasteiger partial charge < -0.3 is 5.32 Å². The minimum absolute atomic E-state index is 0.0849. The van der Waals surface area contributed by atoms with Crippen molar-refractivity contribution < 1.29 is 17.6 Å². The maximum atomic E-state index is 14.1. The smallest absolute Gasteiger partial charge is 0.275 e. The molecule has 0 saturated heterocycles. The number of nitrogens with one attached hydrogen (secondary N) is 2. The lowest BCUT2D eigenvalue weighted by Gasteiger charge is -2.12. The lowest BCUT2D eigenvalue weighted by molar-refractivity contribution is 0.0948. The van der Waals surface area contributed by atoms with E-state index in [4.69, 9.17) is 0 Å². The molecule has 0 aliphatic heterocycles. The largest absolute Gasteiger partial charge is 0.349 e. The van der Waals surface area contributed by atoms with E-state index in [-0.39, 0.29) is 24.5 Å². The van der Waals surface area contributed by atoms with Gasteiger partial charge in [-0.25, -0.2) is 22.2 Å². The number of benzene rings is 2. The van der Waals surface area contributed by atoms with Crippen molar-refractivity contribution in [3.8, 4) is 5.69 Å². The summed E-state index contributed by atoms with van der Waals surface area (Å²) in [4.78, 5) is 24.6. The van der Waals surface area contributed by atoms with Crippen molar-refractivity contribution in [1.82, 2.24) is 19.8 Å². The van der Waals surface area contributed by atoms with Crippen LogP contribution in [0.5, 0.6) is 0 Å². The molecule has 0 bridgehead atoms. The minimum atomic E-state index is -3.65. The number of aryl methyl sites for hydroxylation is 1. The Labute approximate surface area is 178 Å². The van der Waals surface area contributed by atoms with Gasteiger partial charge in [0, 0.05) is 24.8 Å². The van der Waals surface area contributed by atoms with Crippen molar-refractivity contribution in [2.45, 2.75) is 13.5 Å². The van der Waals surface area contributed by atoms with Crippen molar-refractivity contribution in [2.75, 3.05) is 12.3 Å². The highest BCUT2D eigenvalue weighted by molar-refractivity contribution is 7.89. The molecule has 1 amide bonds. The summed E-state index contributed by atoms with van der Waals surface area (Å²) in [5, 5.41) is 6.36. The number of carbonyl (C=O) groups is 1. The zero-order chi connectivity index (χ0) is 22.4. The van der Waals surface area contributed by atoms with Gasteiger partial charge in [0.25, 0.3) is 5.91 Å². The molecule has 2 aromatic carbocycles. The fourth-order valence-corrected chi connectivity index (χ4v) is 3.72. The summed E-state index contributed by atoms with van der Waals surface area (Å²) >= 11 is 0. The van der Waals surface area contributed by atoms with E-state index in [1.54, 1.807) is 37.3 Å². The fourth-order valence-electron chi connectivity index (χ4n) is 2.82. The van der Waals surface area contributed by atoms with Crippen molar-refractivity contribution in [1.29, 1.82) is 0 Å². The third-order valence-corrected chi connectivity index (χ3v) is 5.72. The second kappa shape index (κ2) is 9.63. The first kappa shape index (κ1) is 22.3. The van der Waals surface area contributed by atoms with E-state index in [0.717, 1.165) is 10.2 Å². The summed E-state index contributed by atoms with van der Waals surface area (Å²) < 4.78 is 42.0. The van der Waals surface area contributed by atoms with Gasteiger partial charge in [-0.3, -0.25) is 9.59 Å². The number of carbonyl (C=O) groups excluding carboxylic acids is 1. The van der Waals surface area contributed by atoms with E-state index < -0.39 is 32.9 Å². The van der Waals surface area contributed by atoms with Crippen LogP contribution in [-0.4, -0.2) is 36.4 Å². The molecule has 1 heterocycles. The van der Waals surface area contributed by atoms with E-state index >= 15 is 0 Å². The molecule has 1 aromatic heterocycles. The molecule has 2 N–H and O–H groups in total. The summed E-state index contributed by atoms with van der Waals surface area (Å²) in [6.07, 6.45) is 0. The standard InChI is InChI=1S/C21H21FN4O4S/c1-15-13-19(27)20(25-26(15)18-10-6-5-9-17(18)22)21(28)23-11-12-31(29,30)24-14-16-7-3-2-4-8-16/h2-10,13,24H,11-12,14H2,1H3,(H,23,28). The Kier molecular flexibility index (Phi) is 6.93. The van der Waals surface area contributed by atoms with Gasteiger partial charge in [-0.15, -0.1) is 0 Å². The number of para-hydroxylation sites is 1. The van der Waals surface area contributed by atoms with E-state index in [0.29, 0.717) is 5.69 Å².